The van der Waals surface area contributed by atoms with Gasteiger partial charge >= 0.3 is 0 Å². The fourth-order valence-electron chi connectivity index (χ4n) is 3.29. The Hall–Kier alpha value is -2.12. The number of H-pyrrole nitrogens is 1. The zero-order chi connectivity index (χ0) is 18.1. The predicted molar refractivity (Wildman–Crippen MR) is 110 cm³/mol. The molecule has 0 saturated carbocycles. The number of rotatable bonds is 4. The van der Waals surface area contributed by atoms with E-state index in [1.54, 1.807) is 11.3 Å². The summed E-state index contributed by atoms with van der Waals surface area (Å²) < 4.78 is 0. The molecule has 4 rings (SSSR count). The third kappa shape index (κ3) is 3.41. The molecular formula is C19H20N4OS2. The van der Waals surface area contributed by atoms with E-state index in [-0.39, 0.29) is 11.6 Å². The van der Waals surface area contributed by atoms with Crippen molar-refractivity contribution in [3.63, 3.8) is 0 Å². The summed E-state index contributed by atoms with van der Waals surface area (Å²) in [5.41, 5.74) is 8.36. The summed E-state index contributed by atoms with van der Waals surface area (Å²) >= 11 is 3.06. The Morgan fingerprint density at radius 3 is 3.00 bits per heavy atom. The van der Waals surface area contributed by atoms with Crippen LogP contribution in [0.5, 0.6) is 0 Å². The Morgan fingerprint density at radius 1 is 1.38 bits per heavy atom. The number of aromatic nitrogens is 2. The molecule has 2 heterocycles. The molecule has 0 radical (unpaired) electrons. The van der Waals surface area contributed by atoms with E-state index in [1.807, 2.05) is 37.3 Å². The van der Waals surface area contributed by atoms with Crippen LogP contribution in [-0.2, 0) is 18.6 Å². The van der Waals surface area contributed by atoms with Gasteiger partial charge in [0.15, 0.2) is 5.17 Å². The Bertz CT molecular complexity index is 1020. The van der Waals surface area contributed by atoms with E-state index in [2.05, 4.69) is 15.0 Å². The maximum atomic E-state index is 12.5. The van der Waals surface area contributed by atoms with Crippen LogP contribution in [0.15, 0.2) is 40.1 Å². The zero-order valence-electron chi connectivity index (χ0n) is 14.5. The smallest absolute Gasteiger partial charge is 0.259 e. The highest BCUT2D eigenvalue weighted by atomic mass is 32.2. The molecule has 1 aliphatic carbocycles. The van der Waals surface area contributed by atoms with Gasteiger partial charge in [0.05, 0.1) is 17.2 Å². The maximum Gasteiger partial charge on any atom is 0.259 e. The lowest BCUT2D eigenvalue weighted by Gasteiger charge is -2.08. The van der Waals surface area contributed by atoms with Crippen molar-refractivity contribution in [1.29, 1.82) is 0 Å². The third-order valence-corrected chi connectivity index (χ3v) is 6.59. The van der Waals surface area contributed by atoms with E-state index in [0.717, 1.165) is 35.0 Å². The molecule has 0 spiro atoms. The molecular weight excluding hydrogens is 364 g/mol. The van der Waals surface area contributed by atoms with Crippen LogP contribution < -0.4 is 11.3 Å². The summed E-state index contributed by atoms with van der Waals surface area (Å²) in [5, 5.41) is 1.29. The summed E-state index contributed by atoms with van der Waals surface area (Å²) in [4.78, 5) is 26.7. The normalized spacial score (nSPS) is 15.3. The maximum absolute atomic E-state index is 12.5. The Morgan fingerprint density at radius 2 is 2.19 bits per heavy atom. The Labute approximate surface area is 159 Å². The molecule has 3 aromatic rings. The number of aromatic amines is 1. The van der Waals surface area contributed by atoms with Gasteiger partial charge < -0.3 is 10.7 Å². The number of aliphatic imine (C=N–C) groups is 1. The number of thioether (sulfide) groups is 1. The lowest BCUT2D eigenvalue weighted by Crippen LogP contribution is -2.13. The van der Waals surface area contributed by atoms with Gasteiger partial charge in [0.2, 0.25) is 0 Å². The van der Waals surface area contributed by atoms with Crippen molar-refractivity contribution in [2.75, 3.05) is 0 Å². The van der Waals surface area contributed by atoms with Gasteiger partial charge in [0, 0.05) is 4.88 Å². The van der Waals surface area contributed by atoms with Gasteiger partial charge in [-0.15, -0.1) is 11.3 Å². The number of hydrogen-bond donors (Lipinski definition) is 2. The van der Waals surface area contributed by atoms with Crippen LogP contribution >= 0.6 is 23.1 Å². The molecule has 0 saturated heterocycles. The molecule has 1 aliphatic rings. The average Bonchev–Trinajstić information content (AvgIpc) is 3.21. The van der Waals surface area contributed by atoms with Gasteiger partial charge in [-0.1, -0.05) is 42.1 Å². The SMILES string of the molecule is C[C@H](N=C(N)SCc1nc2sc3c(c2c(=O)[nH]1)CCC3)c1ccccc1. The van der Waals surface area contributed by atoms with Crippen molar-refractivity contribution in [3.05, 3.63) is 62.5 Å². The number of aryl methyl sites for hydroxylation is 2. The van der Waals surface area contributed by atoms with Gasteiger partial charge in [-0.25, -0.2) is 4.98 Å². The molecule has 1 atom stereocenters. The van der Waals surface area contributed by atoms with Crippen LogP contribution in [0.3, 0.4) is 0 Å². The number of fused-ring (bicyclic) bond motifs is 3. The molecule has 0 amide bonds. The second-order valence-electron chi connectivity index (χ2n) is 6.39. The van der Waals surface area contributed by atoms with Crippen LogP contribution in [0.2, 0.25) is 0 Å². The van der Waals surface area contributed by atoms with E-state index in [4.69, 9.17) is 5.73 Å². The molecule has 0 aliphatic heterocycles. The predicted octanol–water partition coefficient (Wildman–Crippen LogP) is 3.78. The molecule has 2 aromatic heterocycles. The molecule has 0 bridgehead atoms. The lowest BCUT2D eigenvalue weighted by molar-refractivity contribution is 0.822. The standard InChI is InChI=1S/C19H20N4OS2/c1-11(12-6-3-2-4-7-12)21-19(20)25-10-15-22-17(24)16-13-8-5-9-14(13)26-18(16)23-15/h2-4,6-7,11H,5,8-10H2,1H3,(H2,20,21)(H,22,23,24)/t11-/m0/s1. The van der Waals surface area contributed by atoms with Crippen molar-refractivity contribution >= 4 is 38.5 Å². The minimum absolute atomic E-state index is 0.00143. The van der Waals surface area contributed by atoms with Crippen molar-refractivity contribution in [2.45, 2.75) is 38.0 Å². The first-order valence-electron chi connectivity index (χ1n) is 8.66. The Balaban J connectivity index is 1.49. The van der Waals surface area contributed by atoms with Crippen molar-refractivity contribution in [3.8, 4) is 0 Å². The first-order chi connectivity index (χ1) is 12.6. The molecule has 26 heavy (non-hydrogen) atoms. The largest absolute Gasteiger partial charge is 0.379 e. The minimum Gasteiger partial charge on any atom is -0.379 e. The number of nitrogens with zero attached hydrogens (tertiary/aromatic N) is 2. The molecule has 1 aromatic carbocycles. The number of benzene rings is 1. The monoisotopic (exact) mass is 384 g/mol. The van der Waals surface area contributed by atoms with E-state index in [0.29, 0.717) is 16.7 Å². The van der Waals surface area contributed by atoms with Crippen LogP contribution in [-0.4, -0.2) is 15.1 Å². The summed E-state index contributed by atoms with van der Waals surface area (Å²) in [5.74, 6) is 1.16. The summed E-state index contributed by atoms with van der Waals surface area (Å²) in [6, 6.07) is 10.0. The van der Waals surface area contributed by atoms with Crippen LogP contribution in [0.1, 0.15) is 41.2 Å². The van der Waals surface area contributed by atoms with Crippen molar-refractivity contribution < 1.29 is 0 Å². The molecule has 3 N–H and O–H groups in total. The fourth-order valence-corrected chi connectivity index (χ4v) is 5.23. The van der Waals surface area contributed by atoms with Crippen LogP contribution in [0, 0.1) is 0 Å². The van der Waals surface area contributed by atoms with Gasteiger partial charge in [0.25, 0.3) is 5.56 Å². The number of nitrogens with one attached hydrogen (secondary N) is 1. The Kier molecular flexibility index (Phi) is 4.82. The molecule has 5 nitrogen and oxygen atoms in total. The van der Waals surface area contributed by atoms with Gasteiger partial charge in [-0.3, -0.25) is 9.79 Å². The topological polar surface area (TPSA) is 84.1 Å². The number of hydrogen-bond acceptors (Lipinski definition) is 5. The van der Waals surface area contributed by atoms with Crippen molar-refractivity contribution in [2.24, 2.45) is 10.7 Å². The average molecular weight is 385 g/mol. The third-order valence-electron chi connectivity index (χ3n) is 4.58. The van der Waals surface area contributed by atoms with E-state index >= 15 is 0 Å². The second-order valence-corrected chi connectivity index (χ2v) is 8.47. The van der Waals surface area contributed by atoms with E-state index < -0.39 is 0 Å². The minimum atomic E-state index is -0.0295. The fraction of sp³-hybridized carbons (Fsp3) is 0.316. The van der Waals surface area contributed by atoms with E-state index in [1.165, 1.54) is 22.2 Å². The first-order valence-corrected chi connectivity index (χ1v) is 10.5. The van der Waals surface area contributed by atoms with Gasteiger partial charge in [0.1, 0.15) is 10.7 Å². The summed E-state index contributed by atoms with van der Waals surface area (Å²) in [7, 11) is 0. The second kappa shape index (κ2) is 7.25. The highest BCUT2D eigenvalue weighted by Gasteiger charge is 2.21. The highest BCUT2D eigenvalue weighted by Crippen LogP contribution is 2.34. The van der Waals surface area contributed by atoms with Gasteiger partial charge in [-0.05, 0) is 37.3 Å². The van der Waals surface area contributed by atoms with Crippen LogP contribution in [0.25, 0.3) is 10.2 Å². The number of nitrogens with two attached hydrogens (primary N) is 1. The van der Waals surface area contributed by atoms with Crippen molar-refractivity contribution in [1.82, 2.24) is 9.97 Å². The highest BCUT2D eigenvalue weighted by molar-refractivity contribution is 8.13. The van der Waals surface area contributed by atoms with Gasteiger partial charge in [-0.2, -0.15) is 0 Å². The molecule has 134 valence electrons. The molecule has 7 heteroatoms. The first kappa shape index (κ1) is 17.3. The number of amidine groups is 1. The van der Waals surface area contributed by atoms with E-state index in [9.17, 15) is 4.79 Å². The van der Waals surface area contributed by atoms with Crippen LogP contribution in [0.4, 0.5) is 0 Å². The summed E-state index contributed by atoms with van der Waals surface area (Å²) in [6.45, 7) is 2.02. The quantitative estimate of drug-likeness (QED) is 0.529. The molecule has 0 fully saturated rings. The number of thiophene rings is 1. The summed E-state index contributed by atoms with van der Waals surface area (Å²) in [6.07, 6.45) is 3.20. The molecule has 0 unspecified atom stereocenters. The zero-order valence-corrected chi connectivity index (χ0v) is 16.1. The lowest BCUT2D eigenvalue weighted by atomic mass is 10.1.